The third-order valence-corrected chi connectivity index (χ3v) is 4.78. The molecule has 2 aliphatic carbocycles. The first-order valence-corrected chi connectivity index (χ1v) is 6.69. The fourth-order valence-corrected chi connectivity index (χ4v) is 2.99. The monoisotopic (exact) mass is 253 g/mol. The average molecular weight is 253 g/mol. The maximum absolute atomic E-state index is 12.1. The van der Waals surface area contributed by atoms with Crippen LogP contribution in [0.4, 0.5) is 0 Å². The Kier molecular flexibility index (Phi) is 2.62. The van der Waals surface area contributed by atoms with Crippen LogP contribution in [0.3, 0.4) is 0 Å². The van der Waals surface area contributed by atoms with Crippen molar-refractivity contribution in [1.29, 1.82) is 0 Å². The molecule has 0 aromatic carbocycles. The van der Waals surface area contributed by atoms with E-state index in [2.05, 4.69) is 5.32 Å². The van der Waals surface area contributed by atoms with E-state index in [-0.39, 0.29) is 23.3 Å². The van der Waals surface area contributed by atoms with Crippen LogP contribution in [0.15, 0.2) is 0 Å². The van der Waals surface area contributed by atoms with Gasteiger partial charge in [0, 0.05) is 6.04 Å². The summed E-state index contributed by atoms with van der Waals surface area (Å²) in [7, 11) is 0. The van der Waals surface area contributed by atoms with Crippen molar-refractivity contribution in [2.24, 2.45) is 23.2 Å². The number of carbonyl (C=O) groups is 2. The van der Waals surface area contributed by atoms with Gasteiger partial charge >= 0.3 is 5.97 Å². The summed E-state index contributed by atoms with van der Waals surface area (Å²) < 4.78 is 5.15. The second kappa shape index (κ2) is 3.95. The summed E-state index contributed by atoms with van der Waals surface area (Å²) in [4.78, 5) is 22.9. The highest BCUT2D eigenvalue weighted by atomic mass is 16.5. The van der Waals surface area contributed by atoms with E-state index in [1.165, 1.54) is 0 Å². The van der Waals surface area contributed by atoms with Gasteiger partial charge in [0.1, 0.15) is 0 Å². The van der Waals surface area contributed by atoms with Gasteiger partial charge in [0.25, 0.3) is 0 Å². The van der Waals surface area contributed by atoms with Gasteiger partial charge in [-0.25, -0.2) is 0 Å². The molecule has 1 saturated heterocycles. The predicted molar refractivity (Wildman–Crippen MR) is 62.8 cm³/mol. The number of ether oxygens (including phenoxy) is 1. The Morgan fingerprint density at radius 1 is 1.33 bits per heavy atom. The molecule has 0 unspecified atom stereocenters. The molecule has 5 heteroatoms. The third kappa shape index (κ3) is 1.81. The van der Waals surface area contributed by atoms with E-state index >= 15 is 0 Å². The zero-order valence-corrected chi connectivity index (χ0v) is 10.5. The fraction of sp³-hybridized carbons (Fsp3) is 0.846. The lowest BCUT2D eigenvalue weighted by atomic mass is 9.82. The molecular formula is C13H19NO4. The van der Waals surface area contributed by atoms with Gasteiger partial charge in [-0.15, -0.1) is 0 Å². The lowest BCUT2D eigenvalue weighted by Crippen LogP contribution is -2.54. The van der Waals surface area contributed by atoms with E-state index in [0.29, 0.717) is 25.0 Å². The Bertz CT molecular complexity index is 385. The minimum absolute atomic E-state index is 0.0938. The molecule has 1 heterocycles. The molecule has 0 spiro atoms. The van der Waals surface area contributed by atoms with Gasteiger partial charge in [-0.1, -0.05) is 6.92 Å². The summed E-state index contributed by atoms with van der Waals surface area (Å²) in [6, 6.07) is 0.205. The number of carboxylic acids is 1. The number of hydrogen-bond donors (Lipinski definition) is 2. The number of aliphatic carboxylic acids is 1. The molecule has 18 heavy (non-hydrogen) atoms. The second-order valence-electron chi connectivity index (χ2n) is 5.95. The first kappa shape index (κ1) is 12.0. The maximum atomic E-state index is 12.1. The van der Waals surface area contributed by atoms with Gasteiger partial charge in [-0.05, 0) is 31.1 Å². The van der Waals surface area contributed by atoms with Crippen LogP contribution in [-0.2, 0) is 14.3 Å². The van der Waals surface area contributed by atoms with Crippen LogP contribution < -0.4 is 5.32 Å². The normalized spacial score (nSPS) is 39.6. The molecule has 0 radical (unpaired) electrons. The minimum atomic E-state index is -0.686. The van der Waals surface area contributed by atoms with Crippen molar-refractivity contribution in [3.63, 3.8) is 0 Å². The van der Waals surface area contributed by atoms with Crippen molar-refractivity contribution in [2.75, 3.05) is 13.2 Å². The lowest BCUT2D eigenvalue weighted by molar-refractivity contribution is -0.162. The van der Waals surface area contributed by atoms with Crippen LogP contribution in [0.5, 0.6) is 0 Å². The molecule has 4 atom stereocenters. The summed E-state index contributed by atoms with van der Waals surface area (Å²) in [6.45, 7) is 3.05. The summed E-state index contributed by atoms with van der Waals surface area (Å²) >= 11 is 0. The number of amides is 1. The van der Waals surface area contributed by atoms with E-state index in [0.717, 1.165) is 19.3 Å². The molecule has 2 N–H and O–H groups in total. The second-order valence-corrected chi connectivity index (χ2v) is 5.95. The zero-order valence-electron chi connectivity index (χ0n) is 10.5. The van der Waals surface area contributed by atoms with Crippen LogP contribution in [0, 0.1) is 23.2 Å². The van der Waals surface area contributed by atoms with Crippen LogP contribution >= 0.6 is 0 Å². The van der Waals surface area contributed by atoms with Gasteiger partial charge in [0.2, 0.25) is 5.91 Å². The molecule has 100 valence electrons. The first-order chi connectivity index (χ1) is 8.57. The van der Waals surface area contributed by atoms with Crippen LogP contribution in [0.1, 0.15) is 26.2 Å². The Labute approximate surface area is 106 Å². The Hall–Kier alpha value is -1.10. The van der Waals surface area contributed by atoms with Gasteiger partial charge < -0.3 is 15.2 Å². The molecule has 1 amide bonds. The molecular weight excluding hydrogens is 234 g/mol. The summed E-state index contributed by atoms with van der Waals surface area (Å²) in [5.41, 5.74) is -0.317. The topological polar surface area (TPSA) is 75.6 Å². The fourth-order valence-electron chi connectivity index (χ4n) is 2.99. The van der Waals surface area contributed by atoms with Gasteiger partial charge in [-0.2, -0.15) is 0 Å². The molecule has 2 saturated carbocycles. The first-order valence-electron chi connectivity index (χ1n) is 6.69. The minimum Gasteiger partial charge on any atom is -0.481 e. The molecule has 5 nitrogen and oxygen atoms in total. The largest absolute Gasteiger partial charge is 0.481 e. The predicted octanol–water partition coefficient (Wildman–Crippen LogP) is 0.638. The lowest BCUT2D eigenvalue weighted by Gasteiger charge is -2.39. The third-order valence-electron chi connectivity index (χ3n) is 4.78. The quantitative estimate of drug-likeness (QED) is 0.754. The van der Waals surface area contributed by atoms with Gasteiger partial charge in [0.05, 0.1) is 24.5 Å². The summed E-state index contributed by atoms with van der Waals surface area (Å²) in [5, 5.41) is 11.9. The molecule has 0 aromatic heterocycles. The van der Waals surface area contributed by atoms with Crippen molar-refractivity contribution in [3.05, 3.63) is 0 Å². The number of carbonyl (C=O) groups excluding carboxylic acids is 1. The SMILES string of the molecule is CCC1(C(=O)N[C@@H]2C[C@@H]2[C@@H]2C[C@@H]2C(=O)O)COC1. The van der Waals surface area contributed by atoms with E-state index in [1.807, 2.05) is 6.92 Å². The molecule has 3 rings (SSSR count). The Morgan fingerprint density at radius 3 is 2.50 bits per heavy atom. The smallest absolute Gasteiger partial charge is 0.306 e. The molecule has 3 aliphatic rings. The van der Waals surface area contributed by atoms with Crippen molar-refractivity contribution >= 4 is 11.9 Å². The van der Waals surface area contributed by atoms with E-state index < -0.39 is 5.97 Å². The summed E-state index contributed by atoms with van der Waals surface area (Å²) in [6.07, 6.45) is 2.53. The van der Waals surface area contributed by atoms with Crippen molar-refractivity contribution in [2.45, 2.75) is 32.2 Å². The van der Waals surface area contributed by atoms with Gasteiger partial charge in [-0.3, -0.25) is 9.59 Å². The highest BCUT2D eigenvalue weighted by Gasteiger charge is 2.58. The standard InChI is InChI=1S/C13H19NO4/c1-2-13(5-18-6-13)12(17)14-10-4-8(10)7-3-9(7)11(15)16/h7-10H,2-6H2,1H3,(H,14,17)(H,15,16)/t7-,8+,9-,10+/m0/s1. The molecule has 3 fully saturated rings. The maximum Gasteiger partial charge on any atom is 0.306 e. The Morgan fingerprint density at radius 2 is 2.06 bits per heavy atom. The van der Waals surface area contributed by atoms with Gasteiger partial charge in [0.15, 0.2) is 0 Å². The summed E-state index contributed by atoms with van der Waals surface area (Å²) in [5.74, 6) is -0.0669. The molecule has 0 aromatic rings. The van der Waals surface area contributed by atoms with Crippen LogP contribution in [-0.4, -0.2) is 36.2 Å². The molecule has 1 aliphatic heterocycles. The van der Waals surface area contributed by atoms with Crippen molar-refractivity contribution in [3.8, 4) is 0 Å². The number of hydrogen-bond acceptors (Lipinski definition) is 3. The number of nitrogens with one attached hydrogen (secondary N) is 1. The van der Waals surface area contributed by atoms with E-state index in [9.17, 15) is 9.59 Å². The average Bonchev–Trinajstić information content (AvgIpc) is 3.08. The van der Waals surface area contributed by atoms with E-state index in [4.69, 9.17) is 9.84 Å². The zero-order chi connectivity index (χ0) is 12.9. The highest BCUT2D eigenvalue weighted by Crippen LogP contribution is 2.54. The number of carboxylic acid groups (broad SMARTS) is 1. The van der Waals surface area contributed by atoms with Crippen LogP contribution in [0.25, 0.3) is 0 Å². The molecule has 0 bridgehead atoms. The van der Waals surface area contributed by atoms with Crippen LogP contribution in [0.2, 0.25) is 0 Å². The van der Waals surface area contributed by atoms with Crippen molar-refractivity contribution in [1.82, 2.24) is 5.32 Å². The van der Waals surface area contributed by atoms with Crippen molar-refractivity contribution < 1.29 is 19.4 Å². The highest BCUT2D eigenvalue weighted by molar-refractivity contribution is 5.84. The Balaban J connectivity index is 1.48. The van der Waals surface area contributed by atoms with E-state index in [1.54, 1.807) is 0 Å². The number of rotatable bonds is 5.